The number of piperazine rings is 1. The lowest BCUT2D eigenvalue weighted by Gasteiger charge is -2.36. The molecule has 0 unspecified atom stereocenters. The average Bonchev–Trinajstić information content (AvgIpc) is 2.73. The van der Waals surface area contributed by atoms with Gasteiger partial charge in [0, 0.05) is 49.6 Å². The molecule has 2 aromatic carbocycles. The van der Waals surface area contributed by atoms with Crippen LogP contribution in [0.3, 0.4) is 0 Å². The molecule has 2 amide bonds. The van der Waals surface area contributed by atoms with E-state index in [0.717, 1.165) is 5.69 Å². The van der Waals surface area contributed by atoms with Crippen molar-refractivity contribution in [2.45, 2.75) is 0 Å². The molecule has 0 spiro atoms. The summed E-state index contributed by atoms with van der Waals surface area (Å²) in [5, 5.41) is 13.7. The van der Waals surface area contributed by atoms with E-state index < -0.39 is 4.92 Å². The molecule has 9 nitrogen and oxygen atoms in total. The number of nitrogens with zero attached hydrogens (tertiary/aromatic N) is 3. The number of anilines is 2. The molecule has 1 fully saturated rings. The monoisotopic (exact) mass is 382 g/mol. The quantitative estimate of drug-likeness (QED) is 0.642. The summed E-state index contributed by atoms with van der Waals surface area (Å²) in [6.07, 6.45) is 0. The Bertz CT molecular complexity index is 953. The molecule has 144 valence electrons. The van der Waals surface area contributed by atoms with E-state index in [0.29, 0.717) is 43.2 Å². The van der Waals surface area contributed by atoms with E-state index in [1.54, 1.807) is 35.2 Å². The van der Waals surface area contributed by atoms with Gasteiger partial charge in [-0.05, 0) is 24.3 Å². The van der Waals surface area contributed by atoms with Crippen LogP contribution in [0.25, 0.3) is 0 Å². The average molecular weight is 382 g/mol. The van der Waals surface area contributed by atoms with Crippen molar-refractivity contribution in [2.75, 3.05) is 43.0 Å². The third kappa shape index (κ3) is 3.46. The Labute approximate surface area is 160 Å². The largest absolute Gasteiger partial charge is 0.482 e. The number of hydrogen-bond acceptors (Lipinski definition) is 6. The molecule has 0 atom stereocenters. The number of carbonyl (C=O) groups is 2. The number of hydrogen-bond donors (Lipinski definition) is 1. The molecule has 1 saturated heterocycles. The van der Waals surface area contributed by atoms with Crippen LogP contribution in [0.15, 0.2) is 42.5 Å². The zero-order valence-corrected chi connectivity index (χ0v) is 15.0. The summed E-state index contributed by atoms with van der Waals surface area (Å²) in [6.45, 7) is 2.13. The minimum Gasteiger partial charge on any atom is -0.482 e. The standard InChI is InChI=1S/C19H18N4O5/c24-18-12-28-17-10-13(4-5-16(17)20-18)19(25)22-8-6-21(7-9-22)14-2-1-3-15(11-14)23(26)27/h1-5,10-11H,6-9,12H2,(H,20,24). The molecular formula is C19H18N4O5. The number of ether oxygens (including phenoxy) is 1. The predicted octanol–water partition coefficient (Wildman–Crippen LogP) is 1.89. The maximum Gasteiger partial charge on any atom is 0.271 e. The SMILES string of the molecule is O=C1COc2cc(C(=O)N3CCN(c4cccc([N+](=O)[O-])c4)CC3)ccc2N1. The topological polar surface area (TPSA) is 105 Å². The molecule has 2 aliphatic heterocycles. The van der Waals surface area contributed by atoms with Gasteiger partial charge in [0.05, 0.1) is 10.6 Å². The minimum atomic E-state index is -0.413. The highest BCUT2D eigenvalue weighted by Gasteiger charge is 2.25. The fourth-order valence-electron chi connectivity index (χ4n) is 3.36. The van der Waals surface area contributed by atoms with Crippen LogP contribution in [-0.4, -0.2) is 54.4 Å². The van der Waals surface area contributed by atoms with Crippen LogP contribution in [0.5, 0.6) is 5.75 Å². The smallest absolute Gasteiger partial charge is 0.271 e. The van der Waals surface area contributed by atoms with Gasteiger partial charge >= 0.3 is 0 Å². The Morgan fingerprint density at radius 3 is 2.64 bits per heavy atom. The molecule has 4 rings (SSSR count). The van der Waals surface area contributed by atoms with Crippen LogP contribution in [-0.2, 0) is 4.79 Å². The molecular weight excluding hydrogens is 364 g/mol. The Hall–Kier alpha value is -3.62. The Kier molecular flexibility index (Phi) is 4.56. The number of carbonyl (C=O) groups excluding carboxylic acids is 2. The van der Waals surface area contributed by atoms with E-state index in [1.807, 2.05) is 11.0 Å². The van der Waals surface area contributed by atoms with Gasteiger partial charge in [-0.3, -0.25) is 19.7 Å². The highest BCUT2D eigenvalue weighted by Crippen LogP contribution is 2.29. The van der Waals surface area contributed by atoms with Crippen LogP contribution >= 0.6 is 0 Å². The zero-order valence-electron chi connectivity index (χ0n) is 15.0. The summed E-state index contributed by atoms with van der Waals surface area (Å²) in [5.74, 6) is 0.159. The first-order chi connectivity index (χ1) is 13.5. The number of nitrogens with one attached hydrogen (secondary N) is 1. The van der Waals surface area contributed by atoms with Crippen LogP contribution < -0.4 is 15.0 Å². The Morgan fingerprint density at radius 2 is 1.89 bits per heavy atom. The molecule has 0 aromatic heterocycles. The summed E-state index contributed by atoms with van der Waals surface area (Å²) >= 11 is 0. The molecule has 1 N–H and O–H groups in total. The first kappa shape index (κ1) is 17.8. The molecule has 2 aromatic rings. The molecule has 0 aliphatic carbocycles. The summed E-state index contributed by atoms with van der Waals surface area (Å²) in [5.41, 5.74) is 1.89. The van der Waals surface area contributed by atoms with E-state index in [-0.39, 0.29) is 24.1 Å². The minimum absolute atomic E-state index is 0.0529. The van der Waals surface area contributed by atoms with E-state index in [2.05, 4.69) is 5.32 Å². The number of benzene rings is 2. The van der Waals surface area contributed by atoms with Crippen LogP contribution in [0.2, 0.25) is 0 Å². The summed E-state index contributed by atoms with van der Waals surface area (Å²) < 4.78 is 5.37. The van der Waals surface area contributed by atoms with Gasteiger partial charge in [0.15, 0.2) is 6.61 Å². The Morgan fingerprint density at radius 1 is 1.11 bits per heavy atom. The molecule has 2 heterocycles. The van der Waals surface area contributed by atoms with E-state index in [4.69, 9.17) is 4.74 Å². The predicted molar refractivity (Wildman–Crippen MR) is 102 cm³/mol. The van der Waals surface area contributed by atoms with E-state index in [9.17, 15) is 19.7 Å². The van der Waals surface area contributed by atoms with Crippen LogP contribution in [0.1, 0.15) is 10.4 Å². The number of rotatable bonds is 3. The molecule has 28 heavy (non-hydrogen) atoms. The van der Waals surface area contributed by atoms with Gasteiger partial charge in [-0.2, -0.15) is 0 Å². The summed E-state index contributed by atoms with van der Waals surface area (Å²) in [4.78, 5) is 38.5. The number of fused-ring (bicyclic) bond motifs is 1. The van der Waals surface area contributed by atoms with Gasteiger partial charge in [-0.15, -0.1) is 0 Å². The van der Waals surface area contributed by atoms with Gasteiger partial charge in [0.2, 0.25) is 0 Å². The fourth-order valence-corrected chi connectivity index (χ4v) is 3.36. The maximum absolute atomic E-state index is 12.8. The first-order valence-corrected chi connectivity index (χ1v) is 8.86. The van der Waals surface area contributed by atoms with Crippen molar-refractivity contribution in [3.05, 3.63) is 58.1 Å². The van der Waals surface area contributed by atoms with Crippen molar-refractivity contribution < 1.29 is 19.2 Å². The van der Waals surface area contributed by atoms with Crippen molar-refractivity contribution in [1.82, 2.24) is 4.90 Å². The van der Waals surface area contributed by atoms with Crippen molar-refractivity contribution >= 4 is 28.9 Å². The van der Waals surface area contributed by atoms with E-state index >= 15 is 0 Å². The normalized spacial score (nSPS) is 16.1. The lowest BCUT2D eigenvalue weighted by molar-refractivity contribution is -0.384. The fraction of sp³-hybridized carbons (Fsp3) is 0.263. The Balaban J connectivity index is 1.42. The molecule has 2 aliphatic rings. The number of amides is 2. The third-order valence-corrected chi connectivity index (χ3v) is 4.83. The van der Waals surface area contributed by atoms with Gasteiger partial charge in [0.1, 0.15) is 5.75 Å². The maximum atomic E-state index is 12.8. The molecule has 9 heteroatoms. The summed E-state index contributed by atoms with van der Waals surface area (Å²) in [7, 11) is 0. The van der Waals surface area contributed by atoms with Gasteiger partial charge in [-0.25, -0.2) is 0 Å². The van der Waals surface area contributed by atoms with Crippen LogP contribution in [0, 0.1) is 10.1 Å². The summed E-state index contributed by atoms with van der Waals surface area (Å²) in [6, 6.07) is 11.5. The van der Waals surface area contributed by atoms with Crippen LogP contribution in [0.4, 0.5) is 17.1 Å². The van der Waals surface area contributed by atoms with Gasteiger partial charge in [0.25, 0.3) is 17.5 Å². The second kappa shape index (κ2) is 7.18. The second-order valence-corrected chi connectivity index (χ2v) is 6.60. The number of non-ortho nitro benzene ring substituents is 1. The zero-order chi connectivity index (χ0) is 19.7. The lowest BCUT2D eigenvalue weighted by atomic mass is 10.1. The number of nitro groups is 1. The molecule has 0 bridgehead atoms. The third-order valence-electron chi connectivity index (χ3n) is 4.83. The highest BCUT2D eigenvalue weighted by molar-refractivity contribution is 5.99. The second-order valence-electron chi connectivity index (χ2n) is 6.60. The highest BCUT2D eigenvalue weighted by atomic mass is 16.6. The molecule has 0 saturated carbocycles. The first-order valence-electron chi connectivity index (χ1n) is 8.86. The van der Waals surface area contributed by atoms with E-state index in [1.165, 1.54) is 6.07 Å². The van der Waals surface area contributed by atoms with Gasteiger partial charge < -0.3 is 19.9 Å². The van der Waals surface area contributed by atoms with Gasteiger partial charge in [-0.1, -0.05) is 6.07 Å². The van der Waals surface area contributed by atoms with Crippen molar-refractivity contribution in [3.8, 4) is 5.75 Å². The van der Waals surface area contributed by atoms with Crippen molar-refractivity contribution in [1.29, 1.82) is 0 Å². The van der Waals surface area contributed by atoms with Crippen molar-refractivity contribution in [3.63, 3.8) is 0 Å². The molecule has 0 radical (unpaired) electrons. The lowest BCUT2D eigenvalue weighted by Crippen LogP contribution is -2.48. The van der Waals surface area contributed by atoms with Crippen molar-refractivity contribution in [2.24, 2.45) is 0 Å². The number of nitro benzene ring substituents is 1.